The summed E-state index contributed by atoms with van der Waals surface area (Å²) in [6.07, 6.45) is 1.17. The normalized spacial score (nSPS) is 12.4. The van der Waals surface area contributed by atoms with E-state index < -0.39 is 12.1 Å². The molecule has 2 aromatic carbocycles. The van der Waals surface area contributed by atoms with Crippen LogP contribution >= 0.6 is 24.0 Å². The number of aryl methyl sites for hydroxylation is 1. The smallest absolute Gasteiger partial charge is 0.242 e. The second-order valence-electron chi connectivity index (χ2n) is 6.35. The van der Waals surface area contributed by atoms with Crippen LogP contribution in [0.15, 0.2) is 48.5 Å². The van der Waals surface area contributed by atoms with E-state index in [1.54, 1.807) is 19.1 Å². The van der Waals surface area contributed by atoms with Crippen molar-refractivity contribution in [3.05, 3.63) is 64.7 Å². The van der Waals surface area contributed by atoms with Crippen LogP contribution in [0.25, 0.3) is 0 Å². The molecule has 2 amide bonds. The summed E-state index contributed by atoms with van der Waals surface area (Å²) in [6.45, 7) is 1.68. The summed E-state index contributed by atoms with van der Waals surface area (Å²) >= 11 is 5.88. The second-order valence-corrected chi connectivity index (χ2v) is 6.79. The van der Waals surface area contributed by atoms with Gasteiger partial charge in [-0.2, -0.15) is 0 Å². The number of nitrogens with two attached hydrogens (primary N) is 1. The number of amides is 2. The summed E-state index contributed by atoms with van der Waals surface area (Å²) in [6, 6.07) is 12.9. The lowest BCUT2D eigenvalue weighted by Gasteiger charge is -2.17. The van der Waals surface area contributed by atoms with E-state index in [9.17, 15) is 14.7 Å². The molecular formula is C20H25Cl2N3O3. The Morgan fingerprint density at radius 1 is 1.14 bits per heavy atom. The summed E-state index contributed by atoms with van der Waals surface area (Å²) in [4.78, 5) is 24.3. The highest BCUT2D eigenvalue weighted by Gasteiger charge is 2.20. The highest BCUT2D eigenvalue weighted by atomic mass is 35.5. The van der Waals surface area contributed by atoms with Crippen LogP contribution in [0.2, 0.25) is 5.02 Å². The van der Waals surface area contributed by atoms with E-state index in [0.29, 0.717) is 23.4 Å². The fourth-order valence-electron chi connectivity index (χ4n) is 2.52. The van der Waals surface area contributed by atoms with Crippen molar-refractivity contribution in [1.82, 2.24) is 10.6 Å². The quantitative estimate of drug-likeness (QED) is 0.521. The first-order valence-electron chi connectivity index (χ1n) is 8.72. The van der Waals surface area contributed by atoms with Crippen LogP contribution in [0.5, 0.6) is 5.75 Å². The predicted octanol–water partition coefficient (Wildman–Crippen LogP) is 2.55. The molecule has 0 fully saturated rings. The molecule has 2 rings (SSSR count). The fraction of sp³-hybridized carbons (Fsp3) is 0.300. The zero-order chi connectivity index (χ0) is 19.8. The fourth-order valence-corrected chi connectivity index (χ4v) is 2.71. The van der Waals surface area contributed by atoms with Crippen LogP contribution in [-0.2, 0) is 22.6 Å². The van der Waals surface area contributed by atoms with E-state index in [1.165, 1.54) is 6.07 Å². The van der Waals surface area contributed by atoms with Gasteiger partial charge in [-0.1, -0.05) is 41.9 Å². The minimum Gasteiger partial charge on any atom is -0.508 e. The average molecular weight is 426 g/mol. The molecule has 0 saturated heterocycles. The van der Waals surface area contributed by atoms with E-state index in [-0.39, 0.29) is 36.5 Å². The number of rotatable bonds is 8. The number of aromatic hydroxyl groups is 1. The van der Waals surface area contributed by atoms with Crippen LogP contribution in [-0.4, -0.2) is 29.0 Å². The van der Waals surface area contributed by atoms with Gasteiger partial charge in [0.1, 0.15) is 11.8 Å². The molecule has 28 heavy (non-hydrogen) atoms. The van der Waals surface area contributed by atoms with Gasteiger partial charge in [0.15, 0.2) is 0 Å². The average Bonchev–Trinajstić information content (AvgIpc) is 2.67. The lowest BCUT2D eigenvalue weighted by atomic mass is 10.1. The Kier molecular flexibility index (Phi) is 9.79. The first-order chi connectivity index (χ1) is 12.9. The molecule has 5 N–H and O–H groups in total. The molecule has 152 valence electrons. The van der Waals surface area contributed by atoms with Gasteiger partial charge >= 0.3 is 0 Å². The minimum absolute atomic E-state index is 0. The number of phenols is 1. The van der Waals surface area contributed by atoms with Crippen molar-refractivity contribution in [3.8, 4) is 5.75 Å². The van der Waals surface area contributed by atoms with Crippen LogP contribution in [0.4, 0.5) is 0 Å². The zero-order valence-electron chi connectivity index (χ0n) is 15.5. The van der Waals surface area contributed by atoms with Gasteiger partial charge in [0.05, 0.1) is 6.04 Å². The first kappa shape index (κ1) is 23.8. The Morgan fingerprint density at radius 3 is 2.50 bits per heavy atom. The monoisotopic (exact) mass is 425 g/mol. The third-order valence-corrected chi connectivity index (χ3v) is 4.41. The molecule has 0 heterocycles. The van der Waals surface area contributed by atoms with Crippen molar-refractivity contribution in [1.29, 1.82) is 0 Å². The SMILES string of the molecule is C[C@H](NC(=O)[C@H](N)CCc1ccccc1)C(=O)NCc1cc(Cl)ccc1O.Cl. The third-order valence-electron chi connectivity index (χ3n) is 4.17. The van der Waals surface area contributed by atoms with Gasteiger partial charge in [-0.15, -0.1) is 12.4 Å². The first-order valence-corrected chi connectivity index (χ1v) is 9.09. The van der Waals surface area contributed by atoms with Crippen molar-refractivity contribution in [2.24, 2.45) is 5.73 Å². The number of hydrogen-bond acceptors (Lipinski definition) is 4. The van der Waals surface area contributed by atoms with Crippen LogP contribution in [0.3, 0.4) is 0 Å². The molecule has 8 heteroatoms. The topological polar surface area (TPSA) is 104 Å². The second kappa shape index (κ2) is 11.5. The summed E-state index contributed by atoms with van der Waals surface area (Å²) in [5.41, 5.74) is 7.52. The number of phenolic OH excluding ortho intramolecular Hbond substituents is 1. The highest BCUT2D eigenvalue weighted by molar-refractivity contribution is 6.30. The largest absolute Gasteiger partial charge is 0.508 e. The number of halogens is 2. The summed E-state index contributed by atoms with van der Waals surface area (Å²) in [7, 11) is 0. The molecule has 0 aliphatic heterocycles. The Labute approximate surface area is 175 Å². The van der Waals surface area contributed by atoms with Gasteiger partial charge in [-0.3, -0.25) is 9.59 Å². The van der Waals surface area contributed by atoms with E-state index in [2.05, 4.69) is 10.6 Å². The zero-order valence-corrected chi connectivity index (χ0v) is 17.1. The van der Waals surface area contributed by atoms with Gasteiger partial charge in [-0.05, 0) is 43.5 Å². The van der Waals surface area contributed by atoms with Gasteiger partial charge in [0.2, 0.25) is 11.8 Å². The van der Waals surface area contributed by atoms with Gasteiger partial charge in [0, 0.05) is 17.1 Å². The molecule has 6 nitrogen and oxygen atoms in total. The van der Waals surface area contributed by atoms with E-state index in [0.717, 1.165) is 5.56 Å². The maximum Gasteiger partial charge on any atom is 0.242 e. The number of nitrogens with one attached hydrogen (secondary N) is 2. The molecule has 0 aromatic heterocycles. The van der Waals surface area contributed by atoms with Crippen molar-refractivity contribution in [2.45, 2.75) is 38.4 Å². The van der Waals surface area contributed by atoms with Crippen molar-refractivity contribution in [3.63, 3.8) is 0 Å². The molecule has 0 bridgehead atoms. The lowest BCUT2D eigenvalue weighted by Crippen LogP contribution is -2.50. The minimum atomic E-state index is -0.749. The molecule has 0 aliphatic carbocycles. The van der Waals surface area contributed by atoms with Crippen molar-refractivity contribution < 1.29 is 14.7 Å². The van der Waals surface area contributed by atoms with E-state index in [4.69, 9.17) is 17.3 Å². The molecule has 2 atom stereocenters. The Hall–Kier alpha value is -2.28. The van der Waals surface area contributed by atoms with Crippen molar-refractivity contribution in [2.75, 3.05) is 0 Å². The van der Waals surface area contributed by atoms with Gasteiger partial charge in [0.25, 0.3) is 0 Å². The highest BCUT2D eigenvalue weighted by Crippen LogP contribution is 2.21. The molecular weight excluding hydrogens is 401 g/mol. The van der Waals surface area contributed by atoms with E-state index in [1.807, 2.05) is 30.3 Å². The summed E-state index contributed by atoms with van der Waals surface area (Å²) in [5, 5.41) is 15.5. The molecule has 0 saturated carbocycles. The summed E-state index contributed by atoms with van der Waals surface area (Å²) in [5.74, 6) is -0.712. The number of hydrogen-bond donors (Lipinski definition) is 4. The summed E-state index contributed by atoms with van der Waals surface area (Å²) < 4.78 is 0. The predicted molar refractivity (Wildman–Crippen MR) is 113 cm³/mol. The third kappa shape index (κ3) is 7.38. The van der Waals surface area contributed by atoms with Crippen LogP contribution < -0.4 is 16.4 Å². The lowest BCUT2D eigenvalue weighted by molar-refractivity contribution is -0.129. The standard InChI is InChI=1S/C20H24ClN3O3.ClH/c1-13(19(26)23-12-15-11-16(21)8-10-18(15)25)24-20(27)17(22)9-7-14-5-3-2-4-6-14;/h2-6,8,10-11,13,17,25H,7,9,12,22H2,1H3,(H,23,26)(H,24,27);1H/t13-,17+;/m0./s1. The molecule has 2 aromatic rings. The Balaban J connectivity index is 0.00000392. The number of benzene rings is 2. The Morgan fingerprint density at radius 2 is 1.82 bits per heavy atom. The van der Waals surface area contributed by atoms with Gasteiger partial charge in [-0.25, -0.2) is 0 Å². The van der Waals surface area contributed by atoms with Crippen molar-refractivity contribution >= 4 is 35.8 Å². The molecule has 0 spiro atoms. The molecule has 0 unspecified atom stereocenters. The van der Waals surface area contributed by atoms with Crippen LogP contribution in [0, 0.1) is 0 Å². The van der Waals surface area contributed by atoms with Gasteiger partial charge < -0.3 is 21.5 Å². The van der Waals surface area contributed by atoms with Crippen LogP contribution in [0.1, 0.15) is 24.5 Å². The Bertz CT molecular complexity index is 788. The number of carbonyl (C=O) groups excluding carboxylic acids is 2. The maximum atomic E-state index is 12.2. The number of carbonyl (C=O) groups is 2. The molecule has 0 aliphatic rings. The van der Waals surface area contributed by atoms with E-state index >= 15 is 0 Å². The molecule has 0 radical (unpaired) electrons. The maximum absolute atomic E-state index is 12.2.